The molecule has 0 aromatic heterocycles. The zero-order valence-electron chi connectivity index (χ0n) is 3.98. The van der Waals surface area contributed by atoms with Crippen LogP contribution in [0.3, 0.4) is 0 Å². The van der Waals surface area contributed by atoms with Gasteiger partial charge in [0.15, 0.2) is 0 Å². The predicted molar refractivity (Wildman–Crippen MR) is 23.8 cm³/mol. The summed E-state index contributed by atoms with van der Waals surface area (Å²) in [6.45, 7) is 0. The van der Waals surface area contributed by atoms with Gasteiger partial charge in [-0.25, -0.2) is 4.39 Å². The Hall–Kier alpha value is -0.400. The Labute approximate surface area is 41.5 Å². The fourth-order valence-corrected chi connectivity index (χ4v) is 0.769. The summed E-state index contributed by atoms with van der Waals surface area (Å²) in [7, 11) is 0. The Morgan fingerprint density at radius 1 is 1.71 bits per heavy atom. The Bertz CT molecular complexity index is 90.1. The molecule has 0 amide bonds. The van der Waals surface area contributed by atoms with Gasteiger partial charge in [-0.15, -0.1) is 0 Å². The van der Waals surface area contributed by atoms with Crippen molar-refractivity contribution in [3.8, 4) is 0 Å². The molecule has 1 aliphatic carbocycles. The third kappa shape index (κ3) is 0.981. The number of carbonyl (C=O) groups is 1. The molecule has 0 saturated heterocycles. The molecule has 1 aliphatic rings. The molecule has 1 fully saturated rings. The van der Waals surface area contributed by atoms with Gasteiger partial charge in [-0.3, -0.25) is 4.79 Å². The predicted octanol–water partition coefficient (Wildman–Crippen LogP) is 1.08. The molecular weight excluding hydrogens is 95.1 g/mol. The van der Waals surface area contributed by atoms with Crippen LogP contribution in [0.2, 0.25) is 0 Å². The molecule has 1 unspecified atom stereocenters. The van der Waals surface area contributed by atoms with Crippen LogP contribution in [0.4, 0.5) is 4.39 Å². The first kappa shape index (κ1) is 4.75. The van der Waals surface area contributed by atoms with Crippen LogP contribution in [0, 0.1) is 0 Å². The highest BCUT2D eigenvalue weighted by Crippen LogP contribution is 2.16. The van der Waals surface area contributed by atoms with Crippen LogP contribution in [-0.2, 0) is 4.79 Å². The molecule has 0 aliphatic heterocycles. The highest BCUT2D eigenvalue weighted by atomic mass is 19.1. The lowest BCUT2D eigenvalue weighted by atomic mass is 10.3. The molecule has 0 N–H and O–H groups in total. The maximum absolute atomic E-state index is 12.0. The SMILES string of the molecule is O=C1CCC(F)C1. The van der Waals surface area contributed by atoms with Crippen molar-refractivity contribution in [1.82, 2.24) is 0 Å². The van der Waals surface area contributed by atoms with Gasteiger partial charge in [0.25, 0.3) is 0 Å². The van der Waals surface area contributed by atoms with Crippen LogP contribution in [0.25, 0.3) is 0 Å². The van der Waals surface area contributed by atoms with E-state index in [2.05, 4.69) is 0 Å². The molecule has 40 valence electrons. The summed E-state index contributed by atoms with van der Waals surface area (Å²) in [4.78, 5) is 10.2. The van der Waals surface area contributed by atoms with Crippen LogP contribution < -0.4 is 0 Å². The van der Waals surface area contributed by atoms with E-state index in [0.717, 1.165) is 0 Å². The van der Waals surface area contributed by atoms with Gasteiger partial charge >= 0.3 is 0 Å². The average Bonchev–Trinajstić information content (AvgIpc) is 1.87. The van der Waals surface area contributed by atoms with Gasteiger partial charge in [0.05, 0.1) is 0 Å². The average molecular weight is 102 g/mol. The molecule has 0 radical (unpaired) electrons. The van der Waals surface area contributed by atoms with E-state index in [1.54, 1.807) is 0 Å². The third-order valence-electron chi connectivity index (χ3n) is 1.19. The number of carbonyl (C=O) groups excluding carboxylic acids is 1. The van der Waals surface area contributed by atoms with E-state index in [4.69, 9.17) is 0 Å². The molecule has 7 heavy (non-hydrogen) atoms. The highest BCUT2D eigenvalue weighted by molar-refractivity contribution is 5.80. The van der Waals surface area contributed by atoms with Crippen molar-refractivity contribution in [2.75, 3.05) is 0 Å². The van der Waals surface area contributed by atoms with Crippen LogP contribution in [0.5, 0.6) is 0 Å². The molecule has 0 bridgehead atoms. The second kappa shape index (κ2) is 1.60. The van der Waals surface area contributed by atoms with Gasteiger partial charge in [0.2, 0.25) is 0 Å². The zero-order valence-corrected chi connectivity index (χ0v) is 3.98. The molecule has 0 aromatic carbocycles. The number of rotatable bonds is 0. The monoisotopic (exact) mass is 102 g/mol. The van der Waals surface area contributed by atoms with Crippen molar-refractivity contribution < 1.29 is 9.18 Å². The molecular formula is C5H7FO. The second-order valence-corrected chi connectivity index (χ2v) is 1.88. The Kier molecular flexibility index (Phi) is 1.09. The van der Waals surface area contributed by atoms with Gasteiger partial charge in [0, 0.05) is 12.8 Å². The minimum atomic E-state index is -0.826. The maximum atomic E-state index is 12.0. The minimum absolute atomic E-state index is 0.0764. The van der Waals surface area contributed by atoms with Crippen molar-refractivity contribution in [1.29, 1.82) is 0 Å². The fourth-order valence-electron chi connectivity index (χ4n) is 0.769. The molecule has 0 heterocycles. The molecule has 1 rings (SSSR count). The first-order chi connectivity index (χ1) is 3.29. The normalized spacial score (nSPS) is 31.6. The number of halogens is 1. The van der Waals surface area contributed by atoms with Crippen molar-refractivity contribution in [3.63, 3.8) is 0 Å². The molecule has 0 spiro atoms. The summed E-state index contributed by atoms with van der Waals surface area (Å²) in [5.41, 5.74) is 0. The Morgan fingerprint density at radius 3 is 2.57 bits per heavy atom. The molecule has 0 aromatic rings. The van der Waals surface area contributed by atoms with E-state index < -0.39 is 6.17 Å². The number of ketones is 1. The lowest BCUT2D eigenvalue weighted by Gasteiger charge is -1.85. The standard InChI is InChI=1S/C5H7FO/c6-4-1-2-5(7)3-4/h4H,1-3H2. The lowest BCUT2D eigenvalue weighted by Crippen LogP contribution is -1.91. The molecule has 2 heteroatoms. The third-order valence-corrected chi connectivity index (χ3v) is 1.19. The van der Waals surface area contributed by atoms with Gasteiger partial charge in [-0.1, -0.05) is 0 Å². The fraction of sp³-hybridized carbons (Fsp3) is 0.800. The first-order valence-corrected chi connectivity index (χ1v) is 2.45. The summed E-state index contributed by atoms with van der Waals surface area (Å²) in [5.74, 6) is 0.0764. The summed E-state index contributed by atoms with van der Waals surface area (Å²) in [5, 5.41) is 0. The van der Waals surface area contributed by atoms with Gasteiger partial charge < -0.3 is 0 Å². The van der Waals surface area contributed by atoms with Crippen molar-refractivity contribution in [2.45, 2.75) is 25.4 Å². The van der Waals surface area contributed by atoms with E-state index in [1.165, 1.54) is 0 Å². The number of Topliss-reactive ketones (excluding diaryl/α,β-unsaturated/α-hetero) is 1. The summed E-state index contributed by atoms with van der Waals surface area (Å²) >= 11 is 0. The van der Waals surface area contributed by atoms with Gasteiger partial charge in [0.1, 0.15) is 12.0 Å². The van der Waals surface area contributed by atoms with Crippen molar-refractivity contribution in [3.05, 3.63) is 0 Å². The van der Waals surface area contributed by atoms with E-state index in [1.807, 2.05) is 0 Å². The quantitative estimate of drug-likeness (QED) is 0.447. The molecule has 1 saturated carbocycles. The van der Waals surface area contributed by atoms with E-state index >= 15 is 0 Å². The Balaban J connectivity index is 2.40. The smallest absolute Gasteiger partial charge is 0.135 e. The van der Waals surface area contributed by atoms with Crippen LogP contribution in [0.15, 0.2) is 0 Å². The lowest BCUT2D eigenvalue weighted by molar-refractivity contribution is -0.117. The van der Waals surface area contributed by atoms with Gasteiger partial charge in [-0.2, -0.15) is 0 Å². The van der Waals surface area contributed by atoms with Crippen molar-refractivity contribution in [2.24, 2.45) is 0 Å². The topological polar surface area (TPSA) is 17.1 Å². The van der Waals surface area contributed by atoms with Crippen LogP contribution in [0.1, 0.15) is 19.3 Å². The van der Waals surface area contributed by atoms with E-state index in [-0.39, 0.29) is 12.2 Å². The number of hydrogen-bond donors (Lipinski definition) is 0. The van der Waals surface area contributed by atoms with E-state index in [9.17, 15) is 9.18 Å². The van der Waals surface area contributed by atoms with Crippen LogP contribution in [-0.4, -0.2) is 12.0 Å². The second-order valence-electron chi connectivity index (χ2n) is 1.88. The van der Waals surface area contributed by atoms with Gasteiger partial charge in [-0.05, 0) is 6.42 Å². The van der Waals surface area contributed by atoms with E-state index in [0.29, 0.717) is 12.8 Å². The first-order valence-electron chi connectivity index (χ1n) is 2.45. The highest BCUT2D eigenvalue weighted by Gasteiger charge is 2.20. The zero-order chi connectivity index (χ0) is 5.28. The largest absolute Gasteiger partial charge is 0.300 e. The minimum Gasteiger partial charge on any atom is -0.300 e. The number of hydrogen-bond acceptors (Lipinski definition) is 1. The molecule has 1 atom stereocenters. The maximum Gasteiger partial charge on any atom is 0.135 e. The Morgan fingerprint density at radius 2 is 2.43 bits per heavy atom. The summed E-state index contributed by atoms with van der Waals surface area (Å²) < 4.78 is 12.0. The summed E-state index contributed by atoms with van der Waals surface area (Å²) in [6.07, 6.45) is 0.257. The summed E-state index contributed by atoms with van der Waals surface area (Å²) in [6, 6.07) is 0. The number of alkyl halides is 1. The van der Waals surface area contributed by atoms with Crippen molar-refractivity contribution >= 4 is 5.78 Å². The molecule has 1 nitrogen and oxygen atoms in total. The van der Waals surface area contributed by atoms with Crippen LogP contribution >= 0.6 is 0 Å².